The smallest absolute Gasteiger partial charge is 0.319 e. The number of anilines is 2. The third kappa shape index (κ3) is 4.85. The van der Waals surface area contributed by atoms with E-state index in [1.165, 1.54) is 0 Å². The van der Waals surface area contributed by atoms with E-state index in [-0.39, 0.29) is 12.5 Å². The predicted octanol–water partition coefficient (Wildman–Crippen LogP) is 3.37. The van der Waals surface area contributed by atoms with Crippen molar-refractivity contribution in [1.82, 2.24) is 5.32 Å². The van der Waals surface area contributed by atoms with Gasteiger partial charge in [-0.25, -0.2) is 4.79 Å². The van der Waals surface area contributed by atoms with Crippen LogP contribution in [0.25, 0.3) is 0 Å². The van der Waals surface area contributed by atoms with Gasteiger partial charge in [-0.2, -0.15) is 0 Å². The van der Waals surface area contributed by atoms with Crippen LogP contribution < -0.4 is 16.0 Å². The molecule has 0 atom stereocenters. The Bertz CT molecular complexity index is 688. The molecule has 3 amide bonds. The minimum absolute atomic E-state index is 0.0918. The van der Waals surface area contributed by atoms with E-state index in [0.717, 1.165) is 22.4 Å². The number of nitrogens with one attached hydrogen (secondary N) is 3. The Morgan fingerprint density at radius 3 is 2.13 bits per heavy atom. The number of aryl methyl sites for hydroxylation is 3. The standard InChI is InChI=1S/C18H21N3O2/c1-12-9-13(2)17(14(3)10-12)21-16(22)11-19-18(23)20-15-7-5-4-6-8-15/h4-10H,11H2,1-3H3,(H,21,22)(H2,19,20,23). The fourth-order valence-corrected chi connectivity index (χ4v) is 2.42. The molecule has 0 aliphatic heterocycles. The lowest BCUT2D eigenvalue weighted by Gasteiger charge is -2.13. The van der Waals surface area contributed by atoms with Gasteiger partial charge in [-0.1, -0.05) is 35.9 Å². The van der Waals surface area contributed by atoms with Crippen molar-refractivity contribution < 1.29 is 9.59 Å². The monoisotopic (exact) mass is 311 g/mol. The molecule has 2 rings (SSSR count). The van der Waals surface area contributed by atoms with Crippen LogP contribution in [0.1, 0.15) is 16.7 Å². The van der Waals surface area contributed by atoms with Gasteiger partial charge in [0.2, 0.25) is 5.91 Å². The molecule has 0 radical (unpaired) electrons. The quantitative estimate of drug-likeness (QED) is 0.810. The first kappa shape index (κ1) is 16.5. The zero-order chi connectivity index (χ0) is 16.8. The van der Waals surface area contributed by atoms with Gasteiger partial charge in [0.25, 0.3) is 0 Å². The molecule has 0 aliphatic rings. The molecule has 0 fully saturated rings. The van der Waals surface area contributed by atoms with Crippen LogP contribution in [0.5, 0.6) is 0 Å². The van der Waals surface area contributed by atoms with Crippen molar-refractivity contribution in [3.63, 3.8) is 0 Å². The van der Waals surface area contributed by atoms with E-state index >= 15 is 0 Å². The fraction of sp³-hybridized carbons (Fsp3) is 0.222. The molecule has 0 unspecified atom stereocenters. The first-order valence-electron chi connectivity index (χ1n) is 7.43. The molecule has 0 saturated carbocycles. The summed E-state index contributed by atoms with van der Waals surface area (Å²) >= 11 is 0. The molecule has 23 heavy (non-hydrogen) atoms. The van der Waals surface area contributed by atoms with Crippen LogP contribution in [0.3, 0.4) is 0 Å². The summed E-state index contributed by atoms with van der Waals surface area (Å²) in [6.07, 6.45) is 0. The van der Waals surface area contributed by atoms with Gasteiger partial charge in [0.1, 0.15) is 0 Å². The van der Waals surface area contributed by atoms with Crippen molar-refractivity contribution in [1.29, 1.82) is 0 Å². The van der Waals surface area contributed by atoms with Gasteiger partial charge in [-0.3, -0.25) is 4.79 Å². The summed E-state index contributed by atoms with van der Waals surface area (Å²) in [4.78, 5) is 23.8. The molecule has 2 aromatic carbocycles. The first-order valence-corrected chi connectivity index (χ1v) is 7.43. The Kier molecular flexibility index (Phi) is 5.36. The molecule has 0 aromatic heterocycles. The zero-order valence-corrected chi connectivity index (χ0v) is 13.6. The molecule has 0 aliphatic carbocycles. The van der Waals surface area contributed by atoms with E-state index in [9.17, 15) is 9.59 Å². The highest BCUT2D eigenvalue weighted by Gasteiger charge is 2.09. The Balaban J connectivity index is 1.87. The fourth-order valence-electron chi connectivity index (χ4n) is 2.42. The lowest BCUT2D eigenvalue weighted by Crippen LogP contribution is -2.36. The van der Waals surface area contributed by atoms with Crippen LogP contribution in [0.15, 0.2) is 42.5 Å². The van der Waals surface area contributed by atoms with E-state index < -0.39 is 6.03 Å². The van der Waals surface area contributed by atoms with Gasteiger partial charge in [-0.05, 0) is 44.0 Å². The molecule has 120 valence electrons. The summed E-state index contributed by atoms with van der Waals surface area (Å²) < 4.78 is 0. The van der Waals surface area contributed by atoms with Crippen LogP contribution in [0, 0.1) is 20.8 Å². The average Bonchev–Trinajstić information content (AvgIpc) is 2.50. The van der Waals surface area contributed by atoms with E-state index in [0.29, 0.717) is 5.69 Å². The third-order valence-corrected chi connectivity index (χ3v) is 3.38. The number of para-hydroxylation sites is 1. The Hall–Kier alpha value is -2.82. The number of amides is 3. The second-order valence-electron chi connectivity index (χ2n) is 5.50. The summed E-state index contributed by atoms with van der Waals surface area (Å²) in [6, 6.07) is 12.7. The summed E-state index contributed by atoms with van der Waals surface area (Å²) in [6.45, 7) is 5.82. The van der Waals surface area contributed by atoms with E-state index in [1.54, 1.807) is 12.1 Å². The maximum Gasteiger partial charge on any atom is 0.319 e. The summed E-state index contributed by atoms with van der Waals surface area (Å²) in [7, 11) is 0. The topological polar surface area (TPSA) is 70.2 Å². The van der Waals surface area contributed by atoms with Gasteiger partial charge in [0.15, 0.2) is 0 Å². The highest BCUT2D eigenvalue weighted by Crippen LogP contribution is 2.21. The lowest BCUT2D eigenvalue weighted by molar-refractivity contribution is -0.115. The SMILES string of the molecule is Cc1cc(C)c(NC(=O)CNC(=O)Nc2ccccc2)c(C)c1. The number of hydrogen-bond donors (Lipinski definition) is 3. The lowest BCUT2D eigenvalue weighted by atomic mass is 10.1. The molecule has 5 nitrogen and oxygen atoms in total. The van der Waals surface area contributed by atoms with Crippen LogP contribution in [0.2, 0.25) is 0 Å². The number of urea groups is 1. The van der Waals surface area contributed by atoms with E-state index in [4.69, 9.17) is 0 Å². The molecule has 0 heterocycles. The van der Waals surface area contributed by atoms with Crippen LogP contribution in [-0.2, 0) is 4.79 Å². The van der Waals surface area contributed by atoms with Crippen molar-refractivity contribution in [2.24, 2.45) is 0 Å². The largest absolute Gasteiger partial charge is 0.329 e. The Morgan fingerprint density at radius 1 is 0.913 bits per heavy atom. The highest BCUT2D eigenvalue weighted by atomic mass is 16.2. The number of carbonyl (C=O) groups is 2. The van der Waals surface area contributed by atoms with Crippen molar-refractivity contribution in [2.75, 3.05) is 17.2 Å². The minimum atomic E-state index is -0.413. The van der Waals surface area contributed by atoms with Crippen molar-refractivity contribution in [3.05, 3.63) is 59.2 Å². The molecule has 5 heteroatoms. The molecular weight excluding hydrogens is 290 g/mol. The van der Waals surface area contributed by atoms with E-state index in [2.05, 4.69) is 16.0 Å². The normalized spacial score (nSPS) is 10.0. The maximum absolute atomic E-state index is 12.0. The Morgan fingerprint density at radius 2 is 1.52 bits per heavy atom. The summed E-state index contributed by atoms with van der Waals surface area (Å²) in [5.41, 5.74) is 4.63. The Labute approximate surface area is 136 Å². The number of carbonyl (C=O) groups excluding carboxylic acids is 2. The maximum atomic E-state index is 12.0. The van der Waals surface area contributed by atoms with Crippen LogP contribution in [-0.4, -0.2) is 18.5 Å². The molecule has 0 spiro atoms. The summed E-state index contributed by atoms with van der Waals surface area (Å²) in [5.74, 6) is -0.261. The molecule has 0 saturated heterocycles. The molecule has 0 bridgehead atoms. The number of rotatable bonds is 4. The zero-order valence-electron chi connectivity index (χ0n) is 13.6. The second kappa shape index (κ2) is 7.45. The van der Waals surface area contributed by atoms with Crippen molar-refractivity contribution >= 4 is 23.3 Å². The van der Waals surface area contributed by atoms with Crippen LogP contribution in [0.4, 0.5) is 16.2 Å². The average molecular weight is 311 g/mol. The van der Waals surface area contributed by atoms with Gasteiger partial charge in [0, 0.05) is 11.4 Å². The third-order valence-electron chi connectivity index (χ3n) is 3.38. The van der Waals surface area contributed by atoms with Gasteiger partial charge in [0.05, 0.1) is 6.54 Å². The van der Waals surface area contributed by atoms with Gasteiger partial charge < -0.3 is 16.0 Å². The van der Waals surface area contributed by atoms with Gasteiger partial charge >= 0.3 is 6.03 Å². The second-order valence-corrected chi connectivity index (χ2v) is 5.50. The van der Waals surface area contributed by atoms with E-state index in [1.807, 2.05) is 51.1 Å². The first-order chi connectivity index (χ1) is 11.0. The van der Waals surface area contributed by atoms with Crippen LogP contribution >= 0.6 is 0 Å². The molecule has 2 aromatic rings. The minimum Gasteiger partial charge on any atom is -0.329 e. The molecular formula is C18H21N3O2. The highest BCUT2D eigenvalue weighted by molar-refractivity contribution is 5.97. The predicted molar refractivity (Wildman–Crippen MR) is 92.7 cm³/mol. The number of benzene rings is 2. The summed E-state index contributed by atoms with van der Waals surface area (Å²) in [5, 5.41) is 8.04. The van der Waals surface area contributed by atoms with Crippen molar-refractivity contribution in [2.45, 2.75) is 20.8 Å². The molecule has 3 N–H and O–H groups in total. The number of hydrogen-bond acceptors (Lipinski definition) is 2. The van der Waals surface area contributed by atoms with Crippen molar-refractivity contribution in [3.8, 4) is 0 Å². The van der Waals surface area contributed by atoms with Gasteiger partial charge in [-0.15, -0.1) is 0 Å².